The van der Waals surface area contributed by atoms with Gasteiger partial charge in [-0.25, -0.2) is 0 Å². The van der Waals surface area contributed by atoms with Crippen LogP contribution in [0, 0.1) is 0 Å². The molecule has 0 bridgehead atoms. The standard InChI is InChI=1S/C6H7N.Cr.2H2O.2O/c7-6-4-2-1-3-5-6;;;;;/h1-5H,7H2;;2*1H2;;/q;+2;;;;/p-2. The summed E-state index contributed by atoms with van der Waals surface area (Å²) in [6.45, 7) is 0. The van der Waals surface area contributed by atoms with Gasteiger partial charge in [-0.2, -0.15) is 0 Å². The molecule has 1 aromatic carbocycles. The molecule has 0 fully saturated rings. The van der Waals surface area contributed by atoms with E-state index in [0.29, 0.717) is 0 Å². The number of nitrogens with two attached hydrogens (primary N) is 1. The summed E-state index contributed by atoms with van der Waals surface area (Å²) in [7, 11) is 0. The summed E-state index contributed by atoms with van der Waals surface area (Å²) < 4.78 is 31.9. The molecule has 0 unspecified atom stereocenters. The Morgan fingerprint density at radius 1 is 1.08 bits per heavy atom. The van der Waals surface area contributed by atoms with Crippen molar-refractivity contribution in [3.05, 3.63) is 30.3 Å². The van der Waals surface area contributed by atoms with Crippen LogP contribution in [0.1, 0.15) is 0 Å². The van der Waals surface area contributed by atoms with Gasteiger partial charge in [0.1, 0.15) is 0 Å². The van der Waals surface area contributed by atoms with Crippen molar-refractivity contribution in [1.82, 2.24) is 0 Å². The molecule has 12 heavy (non-hydrogen) atoms. The van der Waals surface area contributed by atoms with Gasteiger partial charge in [-0.1, -0.05) is 18.2 Å². The van der Waals surface area contributed by atoms with E-state index in [1.54, 1.807) is 0 Å². The molecule has 0 spiro atoms. The molecule has 0 saturated carbocycles. The number of para-hydroxylation sites is 1. The Morgan fingerprint density at radius 3 is 1.58 bits per heavy atom. The molecule has 0 aromatic heterocycles. The summed E-state index contributed by atoms with van der Waals surface area (Å²) in [6, 6.07) is 9.49. The summed E-state index contributed by atoms with van der Waals surface area (Å²) in [5, 5.41) is 0. The van der Waals surface area contributed by atoms with Crippen LogP contribution in [0.3, 0.4) is 0 Å². The zero-order valence-electron chi connectivity index (χ0n) is 6.08. The monoisotopic (exact) mass is 211 g/mol. The van der Waals surface area contributed by atoms with Crippen molar-refractivity contribution in [3.63, 3.8) is 0 Å². The van der Waals surface area contributed by atoms with Gasteiger partial charge in [0.25, 0.3) is 0 Å². The Labute approximate surface area is 71.8 Å². The van der Waals surface area contributed by atoms with Gasteiger partial charge in [-0.3, -0.25) is 0 Å². The first-order valence-corrected chi connectivity index (χ1v) is 5.08. The van der Waals surface area contributed by atoms with Gasteiger partial charge in [0.15, 0.2) is 0 Å². The number of hydrogen-bond acceptors (Lipinski definition) is 3. The zero-order chi connectivity index (χ0) is 9.61. The second-order valence-corrected chi connectivity index (χ2v) is 3.26. The van der Waals surface area contributed by atoms with Crippen molar-refractivity contribution in [3.8, 4) is 0 Å². The number of nitrogen functional groups attached to an aromatic ring is 1. The Morgan fingerprint density at radius 2 is 1.42 bits per heavy atom. The molecule has 0 aliphatic carbocycles. The molecule has 1 rings (SSSR count). The SMILES string of the molecule is Nc1ccccc1.[O]=[Cr](=[O])([OH])[OH]. The van der Waals surface area contributed by atoms with Gasteiger partial charge < -0.3 is 5.73 Å². The molecule has 1 aromatic rings. The van der Waals surface area contributed by atoms with E-state index in [9.17, 15) is 0 Å². The number of rotatable bonds is 0. The van der Waals surface area contributed by atoms with E-state index in [1.165, 1.54) is 0 Å². The van der Waals surface area contributed by atoms with Gasteiger partial charge in [-0.15, -0.1) is 0 Å². The molecule has 0 aliphatic rings. The maximum atomic E-state index is 8.82. The van der Waals surface area contributed by atoms with Crippen LogP contribution in [0.4, 0.5) is 5.69 Å². The van der Waals surface area contributed by atoms with Gasteiger partial charge >= 0.3 is 29.5 Å². The molecule has 68 valence electrons. The van der Waals surface area contributed by atoms with Crippen molar-refractivity contribution in [2.45, 2.75) is 0 Å². The van der Waals surface area contributed by atoms with E-state index >= 15 is 0 Å². The van der Waals surface area contributed by atoms with Gasteiger partial charge in [0, 0.05) is 5.69 Å². The molecule has 6 heteroatoms. The van der Waals surface area contributed by atoms with Gasteiger partial charge in [-0.05, 0) is 12.1 Å². The molecule has 5 nitrogen and oxygen atoms in total. The van der Waals surface area contributed by atoms with E-state index in [2.05, 4.69) is 0 Å². The first-order chi connectivity index (χ1) is 5.39. The summed E-state index contributed by atoms with van der Waals surface area (Å²) in [6.07, 6.45) is 0. The molecule has 0 heterocycles. The number of anilines is 1. The molecule has 0 aliphatic heterocycles. The van der Waals surface area contributed by atoms with Gasteiger partial charge in [0.2, 0.25) is 0 Å². The fourth-order valence-corrected chi connectivity index (χ4v) is 0.453. The van der Waals surface area contributed by atoms with Crippen LogP contribution in [0.2, 0.25) is 0 Å². The zero-order valence-corrected chi connectivity index (χ0v) is 7.36. The van der Waals surface area contributed by atoms with E-state index in [1.807, 2.05) is 30.3 Å². The average Bonchev–Trinajstić information content (AvgIpc) is 1.85. The molecule has 0 radical (unpaired) electrons. The summed E-state index contributed by atoms with van der Waals surface area (Å²) in [4.78, 5) is 0. The van der Waals surface area contributed by atoms with Crippen molar-refractivity contribution in [2.24, 2.45) is 0 Å². The quantitative estimate of drug-likeness (QED) is 0.521. The summed E-state index contributed by atoms with van der Waals surface area (Å²) in [5.41, 5.74) is 6.18. The van der Waals surface area contributed by atoms with E-state index in [0.717, 1.165) is 5.69 Å². The van der Waals surface area contributed by atoms with E-state index in [-0.39, 0.29) is 0 Å². The fraction of sp³-hybridized carbons (Fsp3) is 0. The van der Waals surface area contributed by atoms with Crippen LogP contribution in [0.25, 0.3) is 0 Å². The van der Waals surface area contributed by atoms with Crippen LogP contribution in [0.5, 0.6) is 0 Å². The predicted octanol–water partition coefficient (Wildman–Crippen LogP) is -0.0853. The summed E-state index contributed by atoms with van der Waals surface area (Å²) in [5.74, 6) is 0. The predicted molar refractivity (Wildman–Crippen MR) is 36.7 cm³/mol. The third-order valence-electron chi connectivity index (χ3n) is 0.800. The molecule has 4 N–H and O–H groups in total. The maximum absolute atomic E-state index is 8.82. The van der Waals surface area contributed by atoms with Crippen molar-refractivity contribution in [1.29, 1.82) is 0 Å². The van der Waals surface area contributed by atoms with Crippen molar-refractivity contribution in [2.75, 3.05) is 5.73 Å². The van der Waals surface area contributed by atoms with E-state index in [4.69, 9.17) is 21.7 Å². The molecular formula is C6H9CrNO4. The average molecular weight is 211 g/mol. The molecule has 0 amide bonds. The Bertz CT molecular complexity index is 300. The molecule has 0 saturated heterocycles. The summed E-state index contributed by atoms with van der Waals surface area (Å²) >= 11 is -5.25. The third kappa shape index (κ3) is 11.8. The second kappa shape index (κ2) is 4.85. The van der Waals surface area contributed by atoms with Crippen LogP contribution < -0.4 is 5.73 Å². The Kier molecular flexibility index (Phi) is 4.48. The minimum atomic E-state index is -5.25. The van der Waals surface area contributed by atoms with E-state index < -0.39 is 13.6 Å². The Balaban J connectivity index is 0.000000217. The van der Waals surface area contributed by atoms with Crippen LogP contribution in [-0.4, -0.2) is 8.32 Å². The topological polar surface area (TPSA) is 101 Å². The van der Waals surface area contributed by atoms with Crippen LogP contribution in [-0.2, 0) is 21.2 Å². The molecular weight excluding hydrogens is 202 g/mol. The first-order valence-electron chi connectivity index (χ1n) is 2.90. The number of benzene rings is 1. The van der Waals surface area contributed by atoms with Crippen molar-refractivity contribution < 1.29 is 29.5 Å². The van der Waals surface area contributed by atoms with Crippen molar-refractivity contribution >= 4 is 5.69 Å². The first kappa shape index (κ1) is 11.1. The van der Waals surface area contributed by atoms with Gasteiger partial charge in [0.05, 0.1) is 0 Å². The normalized spacial score (nSPS) is 9.83. The molecule has 0 atom stereocenters. The van der Waals surface area contributed by atoms with Crippen LogP contribution >= 0.6 is 0 Å². The number of hydrogen-bond donors (Lipinski definition) is 3. The van der Waals surface area contributed by atoms with Crippen LogP contribution in [0.15, 0.2) is 30.3 Å². The fourth-order valence-electron chi connectivity index (χ4n) is 0.453. The Hall–Kier alpha value is -0.928. The third-order valence-corrected chi connectivity index (χ3v) is 0.800. The second-order valence-electron chi connectivity index (χ2n) is 1.86. The minimum absolute atomic E-state index is 0.822.